The van der Waals surface area contributed by atoms with Crippen LogP contribution in [0.25, 0.3) is 0 Å². The van der Waals surface area contributed by atoms with Crippen LogP contribution in [0.3, 0.4) is 0 Å². The van der Waals surface area contributed by atoms with Crippen LogP contribution in [0.1, 0.15) is 33.6 Å². The van der Waals surface area contributed by atoms with Gasteiger partial charge in [0.25, 0.3) is 5.91 Å². The first-order valence-electron chi connectivity index (χ1n) is 9.36. The molecule has 2 aromatic carbocycles. The van der Waals surface area contributed by atoms with Gasteiger partial charge in [0.15, 0.2) is 0 Å². The molecule has 1 aliphatic rings. The molecule has 3 aromatic rings. The molecule has 0 atom stereocenters. The zero-order chi connectivity index (χ0) is 18.7. The zero-order valence-corrected chi connectivity index (χ0v) is 15.9. The number of carbonyl (C=O) groups is 1. The highest BCUT2D eigenvalue weighted by Crippen LogP contribution is 2.42. The van der Waals surface area contributed by atoms with Crippen LogP contribution in [0.5, 0.6) is 0 Å². The predicted octanol–water partition coefficient (Wildman–Crippen LogP) is 4.54. The van der Waals surface area contributed by atoms with Gasteiger partial charge in [-0.2, -0.15) is 0 Å². The van der Waals surface area contributed by atoms with Gasteiger partial charge in [-0.25, -0.2) is 0 Å². The van der Waals surface area contributed by atoms with Crippen LogP contribution in [-0.4, -0.2) is 29.0 Å². The molecule has 0 saturated carbocycles. The lowest BCUT2D eigenvalue weighted by atomic mass is 9.72. The maximum atomic E-state index is 12.6. The largest absolute Gasteiger partial charge is 0.380 e. The second-order valence-corrected chi connectivity index (χ2v) is 7.99. The van der Waals surface area contributed by atoms with Gasteiger partial charge in [0.2, 0.25) is 0 Å². The highest BCUT2D eigenvalue weighted by Gasteiger charge is 2.42. The molecular weight excluding hydrogens is 354 g/mol. The molecular formula is C23H23NO2S. The standard InChI is InChI=1S/C23H23NO2S/c25-22(21-12-7-17-27-21)24-15-13-20(14-16-24)23(26,18-8-3-1-4-9-18)19-10-5-2-6-11-19/h1-12,17,20,26H,13-16H2. The molecule has 0 unspecified atom stereocenters. The van der Waals surface area contributed by atoms with E-state index in [0.717, 1.165) is 28.8 Å². The van der Waals surface area contributed by atoms with Crippen LogP contribution in [0.2, 0.25) is 0 Å². The van der Waals surface area contributed by atoms with Crippen molar-refractivity contribution >= 4 is 17.2 Å². The highest BCUT2D eigenvalue weighted by atomic mass is 32.1. The van der Waals surface area contributed by atoms with Gasteiger partial charge in [0.1, 0.15) is 5.60 Å². The van der Waals surface area contributed by atoms with Crippen molar-refractivity contribution in [3.63, 3.8) is 0 Å². The first-order chi connectivity index (χ1) is 13.2. The van der Waals surface area contributed by atoms with Crippen molar-refractivity contribution in [3.05, 3.63) is 94.2 Å². The summed E-state index contributed by atoms with van der Waals surface area (Å²) in [6.45, 7) is 1.34. The molecule has 0 radical (unpaired) electrons. The van der Waals surface area contributed by atoms with Crippen molar-refractivity contribution in [2.45, 2.75) is 18.4 Å². The average Bonchev–Trinajstić information content (AvgIpc) is 3.29. The van der Waals surface area contributed by atoms with Crippen LogP contribution in [0, 0.1) is 5.92 Å². The summed E-state index contributed by atoms with van der Waals surface area (Å²) in [4.78, 5) is 15.3. The Balaban J connectivity index is 1.59. The van der Waals surface area contributed by atoms with Gasteiger partial charge >= 0.3 is 0 Å². The van der Waals surface area contributed by atoms with E-state index in [2.05, 4.69) is 0 Å². The fourth-order valence-corrected chi connectivity index (χ4v) is 4.77. The lowest BCUT2D eigenvalue weighted by molar-refractivity contribution is -0.0122. The second kappa shape index (κ2) is 7.67. The van der Waals surface area contributed by atoms with Gasteiger partial charge in [-0.05, 0) is 41.3 Å². The van der Waals surface area contributed by atoms with Crippen molar-refractivity contribution in [2.24, 2.45) is 5.92 Å². The average molecular weight is 378 g/mol. The summed E-state index contributed by atoms with van der Waals surface area (Å²) < 4.78 is 0. The molecule has 1 aromatic heterocycles. The number of rotatable bonds is 4. The van der Waals surface area contributed by atoms with Gasteiger partial charge < -0.3 is 10.0 Å². The van der Waals surface area contributed by atoms with E-state index < -0.39 is 5.60 Å². The van der Waals surface area contributed by atoms with E-state index in [0.29, 0.717) is 13.1 Å². The summed E-state index contributed by atoms with van der Waals surface area (Å²) in [5.41, 5.74) is 0.791. The Bertz CT molecular complexity index is 830. The fraction of sp³-hybridized carbons (Fsp3) is 0.261. The Morgan fingerprint density at radius 3 is 1.93 bits per heavy atom. The molecule has 1 amide bonds. The van der Waals surface area contributed by atoms with Crippen LogP contribution in [0.4, 0.5) is 0 Å². The summed E-state index contributed by atoms with van der Waals surface area (Å²) in [5, 5.41) is 13.8. The van der Waals surface area contributed by atoms with E-state index in [9.17, 15) is 9.90 Å². The first kappa shape index (κ1) is 18.0. The summed E-state index contributed by atoms with van der Waals surface area (Å²) in [6.07, 6.45) is 1.55. The number of thiophene rings is 1. The predicted molar refractivity (Wildman–Crippen MR) is 109 cm³/mol. The summed E-state index contributed by atoms with van der Waals surface area (Å²) in [7, 11) is 0. The minimum Gasteiger partial charge on any atom is -0.380 e. The third-order valence-corrected chi connectivity index (χ3v) is 6.39. The van der Waals surface area contributed by atoms with Crippen LogP contribution in [0.15, 0.2) is 78.2 Å². The normalized spacial score (nSPS) is 15.7. The lowest BCUT2D eigenvalue weighted by Crippen LogP contribution is -2.45. The van der Waals surface area contributed by atoms with Gasteiger partial charge in [0.05, 0.1) is 4.88 Å². The quantitative estimate of drug-likeness (QED) is 0.725. The number of hydrogen-bond donors (Lipinski definition) is 1. The van der Waals surface area contributed by atoms with Gasteiger partial charge in [0, 0.05) is 13.1 Å². The Morgan fingerprint density at radius 2 is 1.44 bits per heavy atom. The Kier molecular flexibility index (Phi) is 5.10. The Morgan fingerprint density at radius 1 is 0.889 bits per heavy atom. The van der Waals surface area contributed by atoms with Crippen molar-refractivity contribution in [3.8, 4) is 0 Å². The third-order valence-electron chi connectivity index (χ3n) is 5.53. The van der Waals surface area contributed by atoms with E-state index in [4.69, 9.17) is 0 Å². The van der Waals surface area contributed by atoms with Gasteiger partial charge in [-0.1, -0.05) is 66.7 Å². The van der Waals surface area contributed by atoms with Gasteiger partial charge in [-0.3, -0.25) is 4.79 Å². The smallest absolute Gasteiger partial charge is 0.263 e. The van der Waals surface area contributed by atoms with Crippen LogP contribution in [-0.2, 0) is 5.60 Å². The lowest BCUT2D eigenvalue weighted by Gasteiger charge is -2.42. The van der Waals surface area contributed by atoms with E-state index in [-0.39, 0.29) is 11.8 Å². The molecule has 0 spiro atoms. The maximum absolute atomic E-state index is 12.6. The minimum atomic E-state index is -1.04. The molecule has 2 heterocycles. The van der Waals surface area contributed by atoms with E-state index in [1.807, 2.05) is 83.1 Å². The summed E-state index contributed by atoms with van der Waals surface area (Å²) >= 11 is 1.48. The van der Waals surface area contributed by atoms with Crippen LogP contribution < -0.4 is 0 Å². The molecule has 4 heteroatoms. The topological polar surface area (TPSA) is 40.5 Å². The van der Waals surface area contributed by atoms with Gasteiger partial charge in [-0.15, -0.1) is 11.3 Å². The van der Waals surface area contributed by atoms with Crippen molar-refractivity contribution in [2.75, 3.05) is 13.1 Å². The molecule has 1 saturated heterocycles. The third kappa shape index (κ3) is 3.43. The first-order valence-corrected chi connectivity index (χ1v) is 10.2. The number of amides is 1. The van der Waals surface area contributed by atoms with Crippen molar-refractivity contribution < 1.29 is 9.90 Å². The number of likely N-dealkylation sites (tertiary alicyclic amines) is 1. The zero-order valence-electron chi connectivity index (χ0n) is 15.1. The van der Waals surface area contributed by atoms with Crippen molar-refractivity contribution in [1.29, 1.82) is 0 Å². The number of benzene rings is 2. The van der Waals surface area contributed by atoms with Crippen molar-refractivity contribution in [1.82, 2.24) is 4.90 Å². The number of hydrogen-bond acceptors (Lipinski definition) is 3. The second-order valence-electron chi connectivity index (χ2n) is 7.04. The highest BCUT2D eigenvalue weighted by molar-refractivity contribution is 7.12. The number of piperidine rings is 1. The molecule has 0 bridgehead atoms. The minimum absolute atomic E-state index is 0.0645. The molecule has 0 aliphatic carbocycles. The molecule has 3 nitrogen and oxygen atoms in total. The Hall–Kier alpha value is -2.43. The van der Waals surface area contributed by atoms with E-state index in [1.54, 1.807) is 0 Å². The maximum Gasteiger partial charge on any atom is 0.263 e. The number of aliphatic hydroxyl groups is 1. The van der Waals surface area contributed by atoms with E-state index >= 15 is 0 Å². The monoisotopic (exact) mass is 377 g/mol. The Labute approximate surface area is 163 Å². The summed E-state index contributed by atoms with van der Waals surface area (Å²) in [6, 6.07) is 23.6. The number of nitrogens with zero attached hydrogens (tertiary/aromatic N) is 1. The van der Waals surface area contributed by atoms with Crippen LogP contribution >= 0.6 is 11.3 Å². The SMILES string of the molecule is O=C(c1cccs1)N1CCC(C(O)(c2ccccc2)c2ccccc2)CC1. The molecule has 27 heavy (non-hydrogen) atoms. The fourth-order valence-electron chi connectivity index (χ4n) is 4.08. The molecule has 1 fully saturated rings. The molecule has 1 N–H and O–H groups in total. The number of carbonyl (C=O) groups excluding carboxylic acids is 1. The molecule has 138 valence electrons. The molecule has 1 aliphatic heterocycles. The summed E-state index contributed by atoms with van der Waals surface area (Å²) in [5.74, 6) is 0.168. The van der Waals surface area contributed by atoms with E-state index in [1.165, 1.54) is 11.3 Å². The molecule has 4 rings (SSSR count).